The van der Waals surface area contributed by atoms with Gasteiger partial charge in [0, 0.05) is 25.1 Å². The number of piperidine rings is 1. The molecular weight excluding hydrogens is 342 g/mol. The second-order valence-corrected chi connectivity index (χ2v) is 7.29. The van der Waals surface area contributed by atoms with Gasteiger partial charge in [0.1, 0.15) is 11.5 Å². The van der Waals surface area contributed by atoms with E-state index >= 15 is 0 Å². The number of likely N-dealkylation sites (tertiary alicyclic amines) is 1. The quantitative estimate of drug-likeness (QED) is 0.869. The Morgan fingerprint density at radius 2 is 1.93 bits per heavy atom. The van der Waals surface area contributed by atoms with Crippen molar-refractivity contribution >= 4 is 5.97 Å². The minimum Gasteiger partial charge on any atom is -0.481 e. The van der Waals surface area contributed by atoms with Crippen LogP contribution in [0.25, 0.3) is 0 Å². The Morgan fingerprint density at radius 1 is 1.15 bits per heavy atom. The Bertz CT molecular complexity index is 806. The maximum atomic E-state index is 11.2. The first kappa shape index (κ1) is 18.0. The number of fused-ring (bicyclic) bond motifs is 2. The summed E-state index contributed by atoms with van der Waals surface area (Å²) in [5.74, 6) is 0.789. The number of carbonyl (C=O) groups is 1. The Kier molecular flexibility index (Phi) is 5.41. The third-order valence-electron chi connectivity index (χ3n) is 5.45. The summed E-state index contributed by atoms with van der Waals surface area (Å²) in [7, 11) is 0. The smallest absolute Gasteiger partial charge is 0.307 e. The molecule has 5 nitrogen and oxygen atoms in total. The molecule has 0 bridgehead atoms. The van der Waals surface area contributed by atoms with E-state index in [1.807, 2.05) is 36.4 Å². The largest absolute Gasteiger partial charge is 0.481 e. The molecular formula is C22H25NO4. The molecule has 2 aromatic carbocycles. The molecule has 1 N–H and O–H groups in total. The van der Waals surface area contributed by atoms with E-state index < -0.39 is 5.97 Å². The van der Waals surface area contributed by atoms with Gasteiger partial charge in [-0.1, -0.05) is 36.4 Å². The van der Waals surface area contributed by atoms with Crippen molar-refractivity contribution in [2.75, 3.05) is 26.2 Å². The van der Waals surface area contributed by atoms with E-state index in [1.54, 1.807) is 0 Å². The van der Waals surface area contributed by atoms with Gasteiger partial charge in [-0.3, -0.25) is 4.79 Å². The molecule has 2 aliphatic heterocycles. The number of carboxylic acids is 1. The summed E-state index contributed by atoms with van der Waals surface area (Å²) in [5, 5.41) is 9.25. The highest BCUT2D eigenvalue weighted by molar-refractivity contribution is 5.70. The molecule has 1 fully saturated rings. The average molecular weight is 367 g/mol. The maximum absolute atomic E-state index is 11.2. The van der Waals surface area contributed by atoms with Crippen LogP contribution in [0.3, 0.4) is 0 Å². The third kappa shape index (κ3) is 4.15. The number of carboxylic acid groups (broad SMARTS) is 1. The molecule has 1 saturated heterocycles. The molecule has 2 aromatic rings. The topological polar surface area (TPSA) is 59.0 Å². The Morgan fingerprint density at radius 3 is 2.78 bits per heavy atom. The predicted octanol–water partition coefficient (Wildman–Crippen LogP) is 3.89. The van der Waals surface area contributed by atoms with Crippen LogP contribution in [0.1, 0.15) is 30.1 Å². The first-order valence-corrected chi connectivity index (χ1v) is 9.62. The van der Waals surface area contributed by atoms with Gasteiger partial charge in [0.05, 0.1) is 18.6 Å². The summed E-state index contributed by atoms with van der Waals surface area (Å²) in [6.07, 6.45) is 2.41. The van der Waals surface area contributed by atoms with E-state index in [1.165, 1.54) is 0 Å². The van der Waals surface area contributed by atoms with Crippen molar-refractivity contribution in [3.63, 3.8) is 0 Å². The second kappa shape index (κ2) is 8.11. The predicted molar refractivity (Wildman–Crippen MR) is 102 cm³/mol. The van der Waals surface area contributed by atoms with Crippen molar-refractivity contribution in [1.29, 1.82) is 0 Å². The molecule has 2 unspecified atom stereocenters. The molecule has 142 valence electrons. The summed E-state index contributed by atoms with van der Waals surface area (Å²) < 4.78 is 12.4. The van der Waals surface area contributed by atoms with Crippen LogP contribution in [0.15, 0.2) is 48.5 Å². The lowest BCUT2D eigenvalue weighted by Crippen LogP contribution is -2.40. The van der Waals surface area contributed by atoms with Crippen LogP contribution in [0.2, 0.25) is 0 Å². The number of benzene rings is 2. The Labute approximate surface area is 159 Å². The van der Waals surface area contributed by atoms with E-state index in [2.05, 4.69) is 17.0 Å². The Balaban J connectivity index is 1.43. The molecule has 0 aliphatic carbocycles. The first-order chi connectivity index (χ1) is 13.2. The molecule has 0 saturated carbocycles. The standard InChI is InChI=1S/C22H25NO4/c24-22(25)17-7-5-11-23(15-17)12-13-26-21-14-16-6-1-3-9-19(16)27-20-10-4-2-8-18(20)21/h1-4,6,8-10,17,21H,5,7,11-15H2,(H,24,25). The van der Waals surface area contributed by atoms with Gasteiger partial charge in [-0.2, -0.15) is 0 Å². The highest BCUT2D eigenvalue weighted by atomic mass is 16.5. The number of rotatable bonds is 5. The van der Waals surface area contributed by atoms with Crippen molar-refractivity contribution in [1.82, 2.24) is 4.90 Å². The molecule has 5 heteroatoms. The van der Waals surface area contributed by atoms with Gasteiger partial charge in [0.25, 0.3) is 0 Å². The summed E-state index contributed by atoms with van der Waals surface area (Å²) in [4.78, 5) is 13.4. The van der Waals surface area contributed by atoms with E-state index in [0.717, 1.165) is 55.0 Å². The van der Waals surface area contributed by atoms with Crippen molar-refractivity contribution < 1.29 is 19.4 Å². The third-order valence-corrected chi connectivity index (χ3v) is 5.45. The van der Waals surface area contributed by atoms with Gasteiger partial charge in [-0.25, -0.2) is 0 Å². The Hall–Kier alpha value is -2.37. The fraction of sp³-hybridized carbons (Fsp3) is 0.409. The van der Waals surface area contributed by atoms with Crippen LogP contribution in [0, 0.1) is 5.92 Å². The van der Waals surface area contributed by atoms with E-state index in [0.29, 0.717) is 13.2 Å². The summed E-state index contributed by atoms with van der Waals surface area (Å²) in [5.41, 5.74) is 2.21. The van der Waals surface area contributed by atoms with E-state index in [4.69, 9.17) is 9.47 Å². The van der Waals surface area contributed by atoms with Crippen LogP contribution < -0.4 is 4.74 Å². The molecule has 2 heterocycles. The first-order valence-electron chi connectivity index (χ1n) is 9.62. The molecule has 0 spiro atoms. The van der Waals surface area contributed by atoms with Gasteiger partial charge in [-0.15, -0.1) is 0 Å². The van der Waals surface area contributed by atoms with Gasteiger partial charge in [0.15, 0.2) is 0 Å². The maximum Gasteiger partial charge on any atom is 0.307 e. The monoisotopic (exact) mass is 367 g/mol. The van der Waals surface area contributed by atoms with E-state index in [-0.39, 0.29) is 12.0 Å². The number of hydrogen-bond donors (Lipinski definition) is 1. The number of para-hydroxylation sites is 2. The highest BCUT2D eigenvalue weighted by Gasteiger charge is 2.26. The van der Waals surface area contributed by atoms with E-state index in [9.17, 15) is 9.90 Å². The lowest BCUT2D eigenvalue weighted by atomic mass is 9.98. The van der Waals surface area contributed by atoms with Gasteiger partial charge < -0.3 is 19.5 Å². The van der Waals surface area contributed by atoms with Crippen molar-refractivity contribution in [3.8, 4) is 11.5 Å². The zero-order valence-corrected chi connectivity index (χ0v) is 15.3. The fourth-order valence-corrected chi connectivity index (χ4v) is 3.97. The van der Waals surface area contributed by atoms with Crippen LogP contribution in [0.5, 0.6) is 11.5 Å². The van der Waals surface area contributed by atoms with Crippen LogP contribution in [-0.4, -0.2) is 42.2 Å². The zero-order chi connectivity index (χ0) is 18.6. The average Bonchev–Trinajstić information content (AvgIpc) is 2.85. The molecule has 2 aliphatic rings. The number of ether oxygens (including phenoxy) is 2. The van der Waals surface area contributed by atoms with Gasteiger partial charge in [-0.05, 0) is 37.1 Å². The van der Waals surface area contributed by atoms with Crippen molar-refractivity contribution in [3.05, 3.63) is 59.7 Å². The molecule has 0 aromatic heterocycles. The molecule has 27 heavy (non-hydrogen) atoms. The summed E-state index contributed by atoms with van der Waals surface area (Å²) >= 11 is 0. The molecule has 0 amide bonds. The van der Waals surface area contributed by atoms with Crippen molar-refractivity contribution in [2.45, 2.75) is 25.4 Å². The zero-order valence-electron chi connectivity index (χ0n) is 15.3. The minimum atomic E-state index is -0.688. The number of nitrogens with zero attached hydrogens (tertiary/aromatic N) is 1. The normalized spacial score (nSPS) is 22.2. The minimum absolute atomic E-state index is 0.0649. The second-order valence-electron chi connectivity index (χ2n) is 7.29. The van der Waals surface area contributed by atoms with Crippen LogP contribution in [0.4, 0.5) is 0 Å². The van der Waals surface area contributed by atoms with Crippen LogP contribution >= 0.6 is 0 Å². The van der Waals surface area contributed by atoms with Gasteiger partial charge >= 0.3 is 5.97 Å². The lowest BCUT2D eigenvalue weighted by molar-refractivity contribution is -0.143. The molecule has 0 radical (unpaired) electrons. The SMILES string of the molecule is O=C(O)C1CCCN(CCOC2Cc3ccccc3Oc3ccccc32)C1. The summed E-state index contributed by atoms with van der Waals surface area (Å²) in [6, 6.07) is 16.1. The highest BCUT2D eigenvalue weighted by Crippen LogP contribution is 2.39. The fourth-order valence-electron chi connectivity index (χ4n) is 3.97. The summed E-state index contributed by atoms with van der Waals surface area (Å²) in [6.45, 7) is 2.89. The molecule has 2 atom stereocenters. The lowest BCUT2D eigenvalue weighted by Gasteiger charge is -2.31. The van der Waals surface area contributed by atoms with Crippen molar-refractivity contribution in [2.24, 2.45) is 5.92 Å². The molecule has 4 rings (SSSR count). The van der Waals surface area contributed by atoms with Crippen LogP contribution in [-0.2, 0) is 16.0 Å². The van der Waals surface area contributed by atoms with Gasteiger partial charge in [0.2, 0.25) is 0 Å². The number of hydrogen-bond acceptors (Lipinski definition) is 4. The number of aliphatic carboxylic acids is 1.